The largest absolute Gasteiger partial charge is 0.352 e. The third-order valence-corrected chi connectivity index (χ3v) is 8.82. The molecule has 156 valence electrons. The summed E-state index contributed by atoms with van der Waals surface area (Å²) in [5.74, 6) is 2.90. The van der Waals surface area contributed by atoms with Gasteiger partial charge in [-0.1, -0.05) is 11.8 Å². The molecule has 5 nitrogen and oxygen atoms in total. The summed E-state index contributed by atoms with van der Waals surface area (Å²) in [6.07, 6.45) is 8.02. The summed E-state index contributed by atoms with van der Waals surface area (Å²) in [4.78, 5) is 31.9. The first kappa shape index (κ1) is 19.4. The van der Waals surface area contributed by atoms with Gasteiger partial charge < -0.3 is 5.32 Å². The molecule has 0 radical (unpaired) electrons. The maximum Gasteiger partial charge on any atom is 0.240 e. The smallest absolute Gasteiger partial charge is 0.240 e. The van der Waals surface area contributed by atoms with Gasteiger partial charge in [0, 0.05) is 11.7 Å². The van der Waals surface area contributed by atoms with Crippen molar-refractivity contribution >= 4 is 29.3 Å². The number of rotatable bonds is 4. The summed E-state index contributed by atoms with van der Waals surface area (Å²) < 4.78 is 0. The van der Waals surface area contributed by atoms with Gasteiger partial charge in [-0.05, 0) is 94.1 Å². The van der Waals surface area contributed by atoms with Crippen LogP contribution in [0.25, 0.3) is 0 Å². The average Bonchev–Trinajstić information content (AvgIpc) is 2.62. The van der Waals surface area contributed by atoms with Crippen molar-refractivity contribution in [2.45, 2.75) is 70.4 Å². The first-order valence-corrected chi connectivity index (χ1v) is 12.0. The van der Waals surface area contributed by atoms with Crippen molar-refractivity contribution in [3.05, 3.63) is 17.3 Å². The summed E-state index contributed by atoms with van der Waals surface area (Å²) in [6, 6.07) is 2.16. The van der Waals surface area contributed by atoms with Crippen LogP contribution in [0.1, 0.15) is 56.7 Å². The molecule has 1 aromatic rings. The van der Waals surface area contributed by atoms with Crippen LogP contribution in [0.5, 0.6) is 0 Å². The highest BCUT2D eigenvalue weighted by Gasteiger charge is 2.53. The number of hydrogen-bond acceptors (Lipinski definition) is 4. The number of pyridine rings is 1. The van der Waals surface area contributed by atoms with Gasteiger partial charge in [-0.25, -0.2) is 4.98 Å². The Labute approximate surface area is 177 Å². The number of amides is 2. The minimum absolute atomic E-state index is 0.00568. The van der Waals surface area contributed by atoms with Crippen molar-refractivity contribution in [1.82, 2.24) is 10.3 Å². The van der Waals surface area contributed by atoms with E-state index in [9.17, 15) is 9.59 Å². The summed E-state index contributed by atoms with van der Waals surface area (Å²) in [7, 11) is 0. The lowest BCUT2D eigenvalue weighted by atomic mass is 9.48. The molecule has 4 aliphatic carbocycles. The molecule has 2 amide bonds. The zero-order valence-electron chi connectivity index (χ0n) is 17.7. The zero-order valence-corrected chi connectivity index (χ0v) is 18.5. The minimum Gasteiger partial charge on any atom is -0.352 e. The topological polar surface area (TPSA) is 62.3 Å². The molecular weight excluding hydrogens is 382 g/mol. The Bertz CT molecular complexity index is 833. The van der Waals surface area contributed by atoms with Gasteiger partial charge in [-0.2, -0.15) is 0 Å². The molecule has 2 heterocycles. The fourth-order valence-electron chi connectivity index (χ4n) is 7.02. The average molecular weight is 414 g/mol. The SMILES string of the molecule is Cc1cc(C)c2c(n1)SCC(=O)N2CC(=O)N[C@H](C)C12CC3CC(CC(C3)C1)C2. The predicted molar refractivity (Wildman–Crippen MR) is 115 cm³/mol. The molecular formula is C23H31N3O2S. The maximum atomic E-state index is 13.0. The Morgan fingerprint density at radius 2 is 1.86 bits per heavy atom. The molecule has 0 spiro atoms. The van der Waals surface area contributed by atoms with Gasteiger partial charge in [0.05, 0.1) is 11.4 Å². The summed E-state index contributed by atoms with van der Waals surface area (Å²) in [5, 5.41) is 4.17. The van der Waals surface area contributed by atoms with E-state index >= 15 is 0 Å². The summed E-state index contributed by atoms with van der Waals surface area (Å²) in [6.45, 7) is 6.25. The molecule has 0 aromatic carbocycles. The molecule has 1 aromatic heterocycles. The van der Waals surface area contributed by atoms with Crippen LogP contribution < -0.4 is 10.2 Å². The molecule has 1 aliphatic heterocycles. The van der Waals surface area contributed by atoms with Gasteiger partial charge in [0.2, 0.25) is 11.8 Å². The second-order valence-corrected chi connectivity index (χ2v) is 11.0. The lowest BCUT2D eigenvalue weighted by Gasteiger charge is -2.59. The number of anilines is 1. The number of nitrogens with zero attached hydrogens (tertiary/aromatic N) is 2. The van der Waals surface area contributed by atoms with E-state index in [2.05, 4.69) is 17.2 Å². The second kappa shape index (κ2) is 7.00. The quantitative estimate of drug-likeness (QED) is 0.814. The Morgan fingerprint density at radius 1 is 1.24 bits per heavy atom. The van der Waals surface area contributed by atoms with Gasteiger partial charge in [-0.3, -0.25) is 14.5 Å². The Morgan fingerprint density at radius 3 is 2.48 bits per heavy atom. The van der Waals surface area contributed by atoms with Crippen molar-refractivity contribution in [2.24, 2.45) is 23.2 Å². The number of nitrogens with one attached hydrogen (secondary N) is 1. The normalized spacial score (nSPS) is 33.6. The van der Waals surface area contributed by atoms with E-state index in [-0.39, 0.29) is 29.8 Å². The molecule has 6 heteroatoms. The lowest BCUT2D eigenvalue weighted by Crippen LogP contribution is -2.57. The molecule has 0 unspecified atom stereocenters. The number of aromatic nitrogens is 1. The van der Waals surface area contributed by atoms with E-state index < -0.39 is 0 Å². The number of hydrogen-bond donors (Lipinski definition) is 1. The number of fused-ring (bicyclic) bond motifs is 1. The Hall–Kier alpha value is -1.56. The fourth-order valence-corrected chi connectivity index (χ4v) is 8.05. The van der Waals surface area contributed by atoms with E-state index in [1.165, 1.54) is 50.3 Å². The van der Waals surface area contributed by atoms with E-state index in [0.717, 1.165) is 39.7 Å². The van der Waals surface area contributed by atoms with Crippen molar-refractivity contribution < 1.29 is 9.59 Å². The molecule has 1 atom stereocenters. The minimum atomic E-state index is -0.0422. The highest BCUT2D eigenvalue weighted by Crippen LogP contribution is 2.61. The highest BCUT2D eigenvalue weighted by atomic mass is 32.2. The number of carbonyl (C=O) groups is 2. The molecule has 4 bridgehead atoms. The van der Waals surface area contributed by atoms with Gasteiger partial charge in [0.25, 0.3) is 0 Å². The second-order valence-electron chi connectivity index (χ2n) is 10.1. The Kier molecular flexibility index (Phi) is 4.68. The molecule has 4 fully saturated rings. The lowest BCUT2D eigenvalue weighted by molar-refractivity contribution is -0.126. The van der Waals surface area contributed by atoms with Gasteiger partial charge in [0.15, 0.2) is 0 Å². The molecule has 1 N–H and O–H groups in total. The van der Waals surface area contributed by atoms with Crippen molar-refractivity contribution in [3.8, 4) is 0 Å². The standard InChI is InChI=1S/C23H31N3O2S/c1-13-4-14(2)24-22-21(13)26(20(28)12-29-22)11-19(27)25-15(3)23-8-16-5-17(9-23)7-18(6-16)10-23/h4,15-18H,5-12H2,1-3H3,(H,25,27)/t15-,16?,17?,18?,23?/m1/s1. The number of aryl methyl sites for hydroxylation is 2. The van der Waals surface area contributed by atoms with E-state index in [1.807, 2.05) is 19.9 Å². The van der Waals surface area contributed by atoms with Crippen LogP contribution in [0.4, 0.5) is 5.69 Å². The Balaban J connectivity index is 1.31. The van der Waals surface area contributed by atoms with Crippen LogP contribution in [0.2, 0.25) is 0 Å². The molecule has 0 saturated heterocycles. The first-order chi connectivity index (χ1) is 13.8. The van der Waals surface area contributed by atoms with Crippen molar-refractivity contribution in [2.75, 3.05) is 17.2 Å². The molecule has 5 aliphatic rings. The monoisotopic (exact) mass is 413 g/mol. The third kappa shape index (κ3) is 3.37. The molecule has 4 saturated carbocycles. The van der Waals surface area contributed by atoms with Gasteiger partial charge in [-0.15, -0.1) is 0 Å². The van der Waals surface area contributed by atoms with Crippen LogP contribution >= 0.6 is 11.8 Å². The third-order valence-electron chi connectivity index (χ3n) is 7.87. The van der Waals surface area contributed by atoms with Crippen LogP contribution in [0, 0.1) is 37.0 Å². The van der Waals surface area contributed by atoms with E-state index in [4.69, 9.17) is 0 Å². The van der Waals surface area contributed by atoms with E-state index in [1.54, 1.807) is 4.90 Å². The van der Waals surface area contributed by atoms with Gasteiger partial charge >= 0.3 is 0 Å². The summed E-state index contributed by atoms with van der Waals surface area (Å²) in [5.41, 5.74) is 3.05. The van der Waals surface area contributed by atoms with Crippen molar-refractivity contribution in [3.63, 3.8) is 0 Å². The van der Waals surface area contributed by atoms with Crippen LogP contribution in [0.3, 0.4) is 0 Å². The molecule has 6 rings (SSSR count). The van der Waals surface area contributed by atoms with Crippen LogP contribution in [-0.2, 0) is 9.59 Å². The first-order valence-electron chi connectivity index (χ1n) is 11.0. The van der Waals surface area contributed by atoms with Crippen molar-refractivity contribution in [1.29, 1.82) is 0 Å². The van der Waals surface area contributed by atoms with E-state index in [0.29, 0.717) is 5.75 Å². The summed E-state index contributed by atoms with van der Waals surface area (Å²) >= 11 is 1.47. The number of thioether (sulfide) groups is 1. The predicted octanol–water partition coefficient (Wildman–Crippen LogP) is 3.86. The van der Waals surface area contributed by atoms with Crippen LogP contribution in [0.15, 0.2) is 11.1 Å². The van der Waals surface area contributed by atoms with Crippen LogP contribution in [-0.4, -0.2) is 35.1 Å². The molecule has 29 heavy (non-hydrogen) atoms. The van der Waals surface area contributed by atoms with Gasteiger partial charge in [0.1, 0.15) is 11.6 Å². The fraction of sp³-hybridized carbons (Fsp3) is 0.696. The maximum absolute atomic E-state index is 13.0. The zero-order chi connectivity index (χ0) is 20.3. The number of carbonyl (C=O) groups excluding carboxylic acids is 2. The highest BCUT2D eigenvalue weighted by molar-refractivity contribution is 8.00.